The molecule has 2 nitrogen and oxygen atoms in total. The van der Waals surface area contributed by atoms with Gasteiger partial charge < -0.3 is 10.2 Å². The predicted octanol–water partition coefficient (Wildman–Crippen LogP) is 1.47. The quantitative estimate of drug-likeness (QED) is 0.557. The number of rotatable bonds is 0. The Bertz CT molecular complexity index is 130. The zero-order chi connectivity index (χ0) is 9.03. The molecular formula is C10H22N2. The Morgan fingerprint density at radius 1 is 1.25 bits per heavy atom. The van der Waals surface area contributed by atoms with Gasteiger partial charge in [-0.25, -0.2) is 0 Å². The fourth-order valence-corrected chi connectivity index (χ4v) is 1.93. The zero-order valence-electron chi connectivity index (χ0n) is 8.69. The number of likely N-dealkylation sites (tertiary alicyclic amines) is 1. The monoisotopic (exact) mass is 170 g/mol. The summed E-state index contributed by atoms with van der Waals surface area (Å²) >= 11 is 0. The van der Waals surface area contributed by atoms with E-state index in [2.05, 4.69) is 17.3 Å². The summed E-state index contributed by atoms with van der Waals surface area (Å²) in [5.41, 5.74) is 0.561. The Kier molecular flexibility index (Phi) is 3.53. The molecule has 2 heterocycles. The maximum absolute atomic E-state index is 3.48. The van der Waals surface area contributed by atoms with Gasteiger partial charge in [0.25, 0.3) is 0 Å². The van der Waals surface area contributed by atoms with Crippen LogP contribution in [0.15, 0.2) is 0 Å². The minimum absolute atomic E-state index is 0.561. The third kappa shape index (κ3) is 2.46. The number of nitrogens with one attached hydrogen (secondary N) is 1. The van der Waals surface area contributed by atoms with Crippen LogP contribution in [0, 0.1) is 0 Å². The third-order valence-corrected chi connectivity index (χ3v) is 2.69. The van der Waals surface area contributed by atoms with Crippen LogP contribution in [0.3, 0.4) is 0 Å². The first-order chi connectivity index (χ1) is 5.81. The van der Waals surface area contributed by atoms with Gasteiger partial charge in [-0.05, 0) is 26.4 Å². The molecule has 72 valence electrons. The van der Waals surface area contributed by atoms with Crippen molar-refractivity contribution >= 4 is 0 Å². The molecule has 2 aliphatic heterocycles. The lowest BCUT2D eigenvalue weighted by Crippen LogP contribution is -2.31. The minimum Gasteiger partial charge on any atom is -0.307 e. The Morgan fingerprint density at radius 3 is 2.50 bits per heavy atom. The average Bonchev–Trinajstić information content (AvgIpc) is 2.86. The molecule has 0 aromatic rings. The van der Waals surface area contributed by atoms with Crippen molar-refractivity contribution in [3.05, 3.63) is 0 Å². The van der Waals surface area contributed by atoms with Gasteiger partial charge in [0.1, 0.15) is 0 Å². The highest BCUT2D eigenvalue weighted by Crippen LogP contribution is 2.27. The van der Waals surface area contributed by atoms with Crippen molar-refractivity contribution in [1.82, 2.24) is 10.2 Å². The van der Waals surface area contributed by atoms with E-state index >= 15 is 0 Å². The van der Waals surface area contributed by atoms with Gasteiger partial charge in [-0.2, -0.15) is 0 Å². The maximum Gasteiger partial charge on any atom is 0.0435 e. The minimum atomic E-state index is 0.561. The first kappa shape index (κ1) is 10.0. The lowest BCUT2D eigenvalue weighted by atomic mass is 10.0. The van der Waals surface area contributed by atoms with E-state index in [1.165, 1.54) is 38.9 Å². The number of hydrogen-bond acceptors (Lipinski definition) is 2. The molecule has 1 unspecified atom stereocenters. The average molecular weight is 170 g/mol. The summed E-state index contributed by atoms with van der Waals surface area (Å²) in [5.74, 6) is 0. The highest BCUT2D eigenvalue weighted by Gasteiger charge is 2.42. The molecule has 1 atom stereocenters. The van der Waals surface area contributed by atoms with Crippen LogP contribution in [-0.4, -0.2) is 37.1 Å². The molecular weight excluding hydrogens is 148 g/mol. The molecule has 0 bridgehead atoms. The Labute approximate surface area is 76.3 Å². The summed E-state index contributed by atoms with van der Waals surface area (Å²) in [6, 6.07) is 0. The lowest BCUT2D eigenvalue weighted by Gasteiger charge is -2.16. The standard InChI is InChI=1S/C8H16N2.C2H6/c1-10-5-3-2-4-8(7-10)6-9-8;1-2/h9H,2-7H2,1H3;1-2H3. The van der Waals surface area contributed by atoms with E-state index in [0.29, 0.717) is 5.54 Å². The van der Waals surface area contributed by atoms with E-state index < -0.39 is 0 Å². The van der Waals surface area contributed by atoms with Gasteiger partial charge in [0.15, 0.2) is 0 Å². The largest absolute Gasteiger partial charge is 0.307 e. The molecule has 2 aliphatic rings. The summed E-state index contributed by atoms with van der Waals surface area (Å²) in [7, 11) is 2.23. The fraction of sp³-hybridized carbons (Fsp3) is 1.00. The molecule has 2 fully saturated rings. The van der Waals surface area contributed by atoms with Crippen molar-refractivity contribution in [2.75, 3.05) is 26.7 Å². The first-order valence-corrected chi connectivity index (χ1v) is 5.24. The van der Waals surface area contributed by atoms with Crippen LogP contribution in [0.5, 0.6) is 0 Å². The van der Waals surface area contributed by atoms with E-state index in [1.54, 1.807) is 0 Å². The van der Waals surface area contributed by atoms with Crippen molar-refractivity contribution in [1.29, 1.82) is 0 Å². The molecule has 2 rings (SSSR count). The Morgan fingerprint density at radius 2 is 1.92 bits per heavy atom. The van der Waals surface area contributed by atoms with Crippen LogP contribution in [0.4, 0.5) is 0 Å². The second kappa shape index (κ2) is 4.24. The predicted molar refractivity (Wildman–Crippen MR) is 53.4 cm³/mol. The summed E-state index contributed by atoms with van der Waals surface area (Å²) in [6.45, 7) is 7.83. The van der Waals surface area contributed by atoms with Gasteiger partial charge in [-0.15, -0.1) is 0 Å². The number of hydrogen-bond donors (Lipinski definition) is 1. The lowest BCUT2D eigenvalue weighted by molar-refractivity contribution is 0.321. The van der Waals surface area contributed by atoms with Crippen molar-refractivity contribution in [3.63, 3.8) is 0 Å². The number of likely N-dealkylation sites (N-methyl/N-ethyl adjacent to an activating group) is 1. The van der Waals surface area contributed by atoms with Crippen molar-refractivity contribution in [2.24, 2.45) is 0 Å². The Balaban J connectivity index is 0.000000336. The smallest absolute Gasteiger partial charge is 0.0435 e. The molecule has 0 radical (unpaired) electrons. The number of nitrogens with zero attached hydrogens (tertiary/aromatic N) is 1. The molecule has 2 saturated heterocycles. The molecule has 12 heavy (non-hydrogen) atoms. The summed E-state index contributed by atoms with van der Waals surface area (Å²) in [5, 5.41) is 3.48. The van der Waals surface area contributed by atoms with Gasteiger partial charge in [-0.3, -0.25) is 0 Å². The van der Waals surface area contributed by atoms with E-state index in [9.17, 15) is 0 Å². The van der Waals surface area contributed by atoms with E-state index in [0.717, 1.165) is 0 Å². The van der Waals surface area contributed by atoms with Gasteiger partial charge in [0.05, 0.1) is 0 Å². The molecule has 0 aromatic carbocycles. The van der Waals surface area contributed by atoms with Crippen LogP contribution < -0.4 is 5.32 Å². The zero-order valence-corrected chi connectivity index (χ0v) is 8.69. The molecule has 0 aliphatic carbocycles. The molecule has 0 saturated carbocycles. The summed E-state index contributed by atoms with van der Waals surface area (Å²) < 4.78 is 0. The fourth-order valence-electron chi connectivity index (χ4n) is 1.93. The van der Waals surface area contributed by atoms with Crippen molar-refractivity contribution in [3.8, 4) is 0 Å². The highest BCUT2D eigenvalue weighted by atomic mass is 15.2. The summed E-state index contributed by atoms with van der Waals surface area (Å²) in [4.78, 5) is 2.45. The van der Waals surface area contributed by atoms with Crippen molar-refractivity contribution in [2.45, 2.75) is 38.6 Å². The van der Waals surface area contributed by atoms with Gasteiger partial charge in [-0.1, -0.05) is 20.3 Å². The van der Waals surface area contributed by atoms with E-state index in [4.69, 9.17) is 0 Å². The summed E-state index contributed by atoms with van der Waals surface area (Å²) in [6.07, 6.45) is 4.20. The SMILES string of the molecule is CC.CN1CCCCC2(CN2)C1. The van der Waals surface area contributed by atoms with Gasteiger partial charge >= 0.3 is 0 Å². The second-order valence-electron chi connectivity index (χ2n) is 3.83. The van der Waals surface area contributed by atoms with Gasteiger partial charge in [0.2, 0.25) is 0 Å². The molecule has 0 amide bonds. The van der Waals surface area contributed by atoms with Crippen LogP contribution in [0.1, 0.15) is 33.1 Å². The molecule has 1 spiro atoms. The van der Waals surface area contributed by atoms with Gasteiger partial charge in [0, 0.05) is 18.6 Å². The second-order valence-corrected chi connectivity index (χ2v) is 3.83. The highest BCUT2D eigenvalue weighted by molar-refractivity contribution is 5.06. The third-order valence-electron chi connectivity index (χ3n) is 2.69. The van der Waals surface area contributed by atoms with Crippen LogP contribution in [-0.2, 0) is 0 Å². The molecule has 2 heteroatoms. The van der Waals surface area contributed by atoms with Crippen LogP contribution in [0.2, 0.25) is 0 Å². The van der Waals surface area contributed by atoms with E-state index in [-0.39, 0.29) is 0 Å². The Hall–Kier alpha value is -0.0800. The van der Waals surface area contributed by atoms with Crippen LogP contribution in [0.25, 0.3) is 0 Å². The van der Waals surface area contributed by atoms with Crippen LogP contribution >= 0.6 is 0 Å². The normalized spacial score (nSPS) is 35.2. The maximum atomic E-state index is 3.48. The van der Waals surface area contributed by atoms with E-state index in [1.807, 2.05) is 13.8 Å². The first-order valence-electron chi connectivity index (χ1n) is 5.24. The molecule has 1 N–H and O–H groups in total. The topological polar surface area (TPSA) is 25.2 Å². The van der Waals surface area contributed by atoms with Crippen molar-refractivity contribution < 1.29 is 0 Å². The molecule has 0 aromatic heterocycles.